The molecular weight excluding hydrogens is 871 g/mol. The van der Waals surface area contributed by atoms with Gasteiger partial charge in [0.25, 0.3) is 0 Å². The quantitative estimate of drug-likeness (QED) is 0.0212. The first-order valence-corrected chi connectivity index (χ1v) is 26.9. The van der Waals surface area contributed by atoms with Crippen molar-refractivity contribution in [1.82, 2.24) is 5.32 Å². The first kappa shape index (κ1) is 62.1. The van der Waals surface area contributed by atoms with E-state index in [1.165, 1.54) is 116 Å². The van der Waals surface area contributed by atoms with Crippen LogP contribution in [-0.4, -0.2) is 140 Å². The van der Waals surface area contributed by atoms with Crippen molar-refractivity contribution in [3.8, 4) is 0 Å². The summed E-state index contributed by atoms with van der Waals surface area (Å²) in [7, 11) is 0. The van der Waals surface area contributed by atoms with E-state index >= 15 is 0 Å². The number of carbonyl (C=O) groups is 1. The number of ether oxygens (including phenoxy) is 4. The largest absolute Gasteiger partial charge is 0.394 e. The Morgan fingerprint density at radius 2 is 0.985 bits per heavy atom. The van der Waals surface area contributed by atoms with Crippen molar-refractivity contribution in [3.05, 3.63) is 48.6 Å². The van der Waals surface area contributed by atoms with Crippen LogP contribution in [-0.2, 0) is 23.7 Å². The maximum atomic E-state index is 13.2. The van der Waals surface area contributed by atoms with Crippen molar-refractivity contribution in [2.75, 3.05) is 19.8 Å². The summed E-state index contributed by atoms with van der Waals surface area (Å²) in [6.45, 7) is 2.74. The molecule has 12 unspecified atom stereocenters. The summed E-state index contributed by atoms with van der Waals surface area (Å²) in [5, 5.41) is 86.8. The highest BCUT2D eigenvalue weighted by atomic mass is 16.7. The Balaban J connectivity index is 1.81. The molecule has 0 aliphatic carbocycles. The van der Waals surface area contributed by atoms with Crippen LogP contribution in [0.3, 0.4) is 0 Å². The van der Waals surface area contributed by atoms with E-state index in [1.807, 2.05) is 6.08 Å². The third-order valence-electron chi connectivity index (χ3n) is 13.0. The molecule has 0 aromatic heterocycles. The molecule has 1 amide bonds. The normalized spacial score (nSPS) is 26.7. The predicted molar refractivity (Wildman–Crippen MR) is 267 cm³/mol. The van der Waals surface area contributed by atoms with Gasteiger partial charge in [0, 0.05) is 6.42 Å². The van der Waals surface area contributed by atoms with E-state index in [2.05, 4.69) is 55.6 Å². The number of unbranched alkanes of at least 4 members (excludes halogenated alkanes) is 22. The minimum Gasteiger partial charge on any atom is -0.394 e. The van der Waals surface area contributed by atoms with Crippen molar-refractivity contribution in [3.63, 3.8) is 0 Å². The van der Waals surface area contributed by atoms with Gasteiger partial charge in [-0.15, -0.1) is 0 Å². The highest BCUT2D eigenvalue weighted by Crippen LogP contribution is 2.30. The van der Waals surface area contributed by atoms with E-state index in [0.717, 1.165) is 44.9 Å². The molecule has 2 saturated heterocycles. The molecule has 2 rings (SSSR count). The number of carbonyl (C=O) groups excluding carboxylic acids is 1. The number of aliphatic hydroxyl groups is 8. The average molecular weight is 968 g/mol. The van der Waals surface area contributed by atoms with Gasteiger partial charge in [0.1, 0.15) is 48.8 Å². The first-order valence-electron chi connectivity index (χ1n) is 26.9. The Bertz CT molecular complexity index is 1330. The smallest absolute Gasteiger partial charge is 0.220 e. The van der Waals surface area contributed by atoms with Crippen molar-refractivity contribution in [1.29, 1.82) is 0 Å². The minimum absolute atomic E-state index is 0.256. The lowest BCUT2D eigenvalue weighted by Crippen LogP contribution is -2.65. The molecule has 68 heavy (non-hydrogen) atoms. The molecule has 0 spiro atoms. The fraction of sp³-hybridized carbons (Fsp3) is 0.833. The van der Waals surface area contributed by atoms with Gasteiger partial charge in [0.15, 0.2) is 12.6 Å². The number of allylic oxidation sites excluding steroid dienone is 7. The molecule has 2 heterocycles. The number of nitrogens with one attached hydrogen (secondary N) is 1. The lowest BCUT2D eigenvalue weighted by molar-refractivity contribution is -0.359. The average Bonchev–Trinajstić information content (AvgIpc) is 3.34. The van der Waals surface area contributed by atoms with Crippen LogP contribution in [0.5, 0.6) is 0 Å². The standard InChI is InChI=1S/C54H97NO13/c1-3-5-7-9-11-13-15-17-18-19-20-21-22-23-24-26-28-30-32-34-36-38-46(59)55-42(43(58)37-35-33-31-29-27-25-16-14-12-10-8-6-4-2)41-65-53-51(64)49(62)52(45(40-57)67-53)68-54-50(63)48(61)47(60)44(39-56)66-54/h15,17,19-20,27,29,35,37,42-45,47-54,56-58,60-64H,3-14,16,18,21-26,28,30-34,36,38-41H2,1-2H3,(H,55,59)/b17-15-,20-19-,29-27+,37-35+. The van der Waals surface area contributed by atoms with Crippen LogP contribution in [0.25, 0.3) is 0 Å². The van der Waals surface area contributed by atoms with E-state index in [4.69, 9.17) is 18.9 Å². The van der Waals surface area contributed by atoms with Crippen molar-refractivity contribution in [2.45, 2.75) is 267 Å². The van der Waals surface area contributed by atoms with Gasteiger partial charge in [0.2, 0.25) is 5.91 Å². The summed E-state index contributed by atoms with van der Waals surface area (Å²) >= 11 is 0. The number of rotatable bonds is 41. The zero-order valence-electron chi connectivity index (χ0n) is 42.1. The number of hydrogen-bond donors (Lipinski definition) is 9. The molecule has 0 aromatic carbocycles. The van der Waals surface area contributed by atoms with Crippen LogP contribution < -0.4 is 5.32 Å². The maximum absolute atomic E-state index is 13.2. The second-order valence-electron chi connectivity index (χ2n) is 19.0. The van der Waals surface area contributed by atoms with Gasteiger partial charge in [0.05, 0.1) is 32.0 Å². The molecular formula is C54H97NO13. The molecule has 0 aromatic rings. The predicted octanol–water partition coefficient (Wildman–Crippen LogP) is 7.66. The monoisotopic (exact) mass is 968 g/mol. The highest BCUT2D eigenvalue weighted by molar-refractivity contribution is 5.76. The maximum Gasteiger partial charge on any atom is 0.220 e. The van der Waals surface area contributed by atoms with Gasteiger partial charge in [-0.2, -0.15) is 0 Å². The zero-order valence-corrected chi connectivity index (χ0v) is 42.1. The van der Waals surface area contributed by atoms with Gasteiger partial charge < -0.3 is 65.1 Å². The molecule has 2 aliphatic rings. The fourth-order valence-electron chi connectivity index (χ4n) is 8.57. The molecule has 396 valence electrons. The van der Waals surface area contributed by atoms with Crippen molar-refractivity contribution < 1.29 is 64.6 Å². The Kier molecular flexibility index (Phi) is 37.0. The topological polar surface area (TPSA) is 228 Å². The first-order chi connectivity index (χ1) is 33.1. The van der Waals surface area contributed by atoms with Gasteiger partial charge in [-0.1, -0.05) is 172 Å². The van der Waals surface area contributed by atoms with E-state index in [-0.39, 0.29) is 18.9 Å². The van der Waals surface area contributed by atoms with Crippen LogP contribution in [0.1, 0.15) is 194 Å². The third kappa shape index (κ3) is 27.0. The van der Waals surface area contributed by atoms with E-state index < -0.39 is 86.8 Å². The van der Waals surface area contributed by atoms with E-state index in [1.54, 1.807) is 6.08 Å². The second-order valence-corrected chi connectivity index (χ2v) is 19.0. The molecule has 2 fully saturated rings. The molecule has 14 nitrogen and oxygen atoms in total. The fourth-order valence-corrected chi connectivity index (χ4v) is 8.57. The molecule has 2 aliphatic heterocycles. The number of amides is 1. The molecule has 0 saturated carbocycles. The molecule has 9 N–H and O–H groups in total. The highest BCUT2D eigenvalue weighted by Gasteiger charge is 2.51. The van der Waals surface area contributed by atoms with Crippen LogP contribution in [0.15, 0.2) is 48.6 Å². The summed E-state index contributed by atoms with van der Waals surface area (Å²) in [5.74, 6) is -0.256. The van der Waals surface area contributed by atoms with Gasteiger partial charge >= 0.3 is 0 Å². The van der Waals surface area contributed by atoms with Gasteiger partial charge in [-0.25, -0.2) is 0 Å². The summed E-state index contributed by atoms with van der Waals surface area (Å²) in [4.78, 5) is 13.2. The third-order valence-corrected chi connectivity index (χ3v) is 13.0. The van der Waals surface area contributed by atoms with Crippen LogP contribution in [0.4, 0.5) is 0 Å². The van der Waals surface area contributed by atoms with E-state index in [0.29, 0.717) is 12.8 Å². The molecule has 14 heteroatoms. The zero-order chi connectivity index (χ0) is 49.6. The summed E-state index contributed by atoms with van der Waals surface area (Å²) in [5.41, 5.74) is 0. The van der Waals surface area contributed by atoms with Crippen LogP contribution in [0, 0.1) is 0 Å². The van der Waals surface area contributed by atoms with E-state index in [9.17, 15) is 45.6 Å². The summed E-state index contributed by atoms with van der Waals surface area (Å²) in [6, 6.07) is -0.933. The minimum atomic E-state index is -1.79. The Labute approximate surface area is 410 Å². The molecule has 0 radical (unpaired) electrons. The Morgan fingerprint density at radius 3 is 1.53 bits per heavy atom. The van der Waals surface area contributed by atoms with Gasteiger partial charge in [-0.3, -0.25) is 4.79 Å². The second kappa shape index (κ2) is 40.5. The van der Waals surface area contributed by atoms with Crippen LogP contribution in [0.2, 0.25) is 0 Å². The molecule has 0 bridgehead atoms. The van der Waals surface area contributed by atoms with Crippen LogP contribution >= 0.6 is 0 Å². The van der Waals surface area contributed by atoms with Gasteiger partial charge in [-0.05, 0) is 64.2 Å². The lowest BCUT2D eigenvalue weighted by Gasteiger charge is -2.46. The van der Waals surface area contributed by atoms with Crippen molar-refractivity contribution in [2.24, 2.45) is 0 Å². The number of aliphatic hydroxyl groups excluding tert-OH is 8. The number of hydrogen-bond acceptors (Lipinski definition) is 13. The lowest BCUT2D eigenvalue weighted by atomic mass is 9.97. The summed E-state index contributed by atoms with van der Waals surface area (Å²) in [6.07, 6.45) is 31.5. The SMILES string of the molecule is CCCCCCC/C=C\C/C=C\CCCCCCCCCCCC(=O)NC(COC1OC(CO)C(OC2OC(CO)C(O)C(O)C2O)C(O)C1O)C(O)/C=C/CC/C=C/CCCCCCCCC. The Morgan fingerprint density at radius 1 is 0.529 bits per heavy atom. The summed E-state index contributed by atoms with van der Waals surface area (Å²) < 4.78 is 22.7. The van der Waals surface area contributed by atoms with Crippen molar-refractivity contribution >= 4 is 5.91 Å². The molecule has 12 atom stereocenters. The Hall–Kier alpha value is -2.05.